The van der Waals surface area contributed by atoms with Gasteiger partial charge in [-0.25, -0.2) is 0 Å². The molecule has 0 aliphatic carbocycles. The fourth-order valence-corrected chi connectivity index (χ4v) is 2.13. The van der Waals surface area contributed by atoms with E-state index in [1.807, 2.05) is 6.92 Å². The quantitative estimate of drug-likeness (QED) is 0.837. The molecule has 0 spiro atoms. The molecule has 0 radical (unpaired) electrons. The monoisotopic (exact) mass is 339 g/mol. The second-order valence-electron chi connectivity index (χ2n) is 4.79. The van der Waals surface area contributed by atoms with Gasteiger partial charge in [0.2, 0.25) is 0 Å². The summed E-state index contributed by atoms with van der Waals surface area (Å²) in [6, 6.07) is 1.76. The van der Waals surface area contributed by atoms with Gasteiger partial charge in [-0.05, 0) is 13.0 Å². The molecule has 1 atom stereocenters. The summed E-state index contributed by atoms with van der Waals surface area (Å²) in [7, 11) is 0. The van der Waals surface area contributed by atoms with Gasteiger partial charge in [0.05, 0.1) is 25.3 Å². The summed E-state index contributed by atoms with van der Waals surface area (Å²) in [6.07, 6.45) is 1.44. The molecule has 0 aromatic carbocycles. The van der Waals surface area contributed by atoms with E-state index in [1.165, 1.54) is 6.26 Å². The molecule has 3 N–H and O–H groups in total. The number of carbonyl (C=O) groups is 1. The summed E-state index contributed by atoms with van der Waals surface area (Å²) in [5.41, 5.74) is 5.97. The Bertz CT molecular complexity index is 423. The standard InChI is InChI=1S/C13H21N3O3.2ClH/c1-10(8-16-2-4-18-5-3-16)15-13(17)11-6-12(7-14)19-9-11;;/h6,9-10H,2-5,7-8,14H2,1H3,(H,15,17);2*1H. The van der Waals surface area contributed by atoms with Crippen LogP contribution in [0.5, 0.6) is 0 Å². The van der Waals surface area contributed by atoms with Crippen LogP contribution in [0.4, 0.5) is 0 Å². The van der Waals surface area contributed by atoms with Crippen LogP contribution >= 0.6 is 24.8 Å². The van der Waals surface area contributed by atoms with E-state index in [1.54, 1.807) is 6.07 Å². The van der Waals surface area contributed by atoms with Crippen LogP contribution < -0.4 is 11.1 Å². The number of nitrogens with one attached hydrogen (secondary N) is 1. The highest BCUT2D eigenvalue weighted by Crippen LogP contribution is 2.07. The molecular weight excluding hydrogens is 317 g/mol. The molecule has 1 saturated heterocycles. The Morgan fingerprint density at radius 3 is 2.67 bits per heavy atom. The number of amides is 1. The SMILES string of the molecule is CC(CN1CCOCC1)NC(=O)c1coc(CN)c1.Cl.Cl. The first-order valence-electron chi connectivity index (χ1n) is 6.57. The van der Waals surface area contributed by atoms with Crippen molar-refractivity contribution < 1.29 is 13.9 Å². The van der Waals surface area contributed by atoms with E-state index >= 15 is 0 Å². The highest BCUT2D eigenvalue weighted by Gasteiger charge is 2.16. The zero-order chi connectivity index (χ0) is 13.7. The summed E-state index contributed by atoms with van der Waals surface area (Å²) in [5.74, 6) is 0.496. The normalized spacial score (nSPS) is 16.5. The summed E-state index contributed by atoms with van der Waals surface area (Å²) in [4.78, 5) is 14.3. The van der Waals surface area contributed by atoms with E-state index < -0.39 is 0 Å². The third-order valence-corrected chi connectivity index (χ3v) is 3.13. The molecule has 6 nitrogen and oxygen atoms in total. The van der Waals surface area contributed by atoms with Crippen LogP contribution in [0.3, 0.4) is 0 Å². The molecule has 1 aromatic heterocycles. The van der Waals surface area contributed by atoms with Crippen molar-refractivity contribution in [2.24, 2.45) is 5.73 Å². The van der Waals surface area contributed by atoms with Crippen molar-refractivity contribution in [2.75, 3.05) is 32.8 Å². The van der Waals surface area contributed by atoms with E-state index in [0.29, 0.717) is 17.9 Å². The predicted octanol–water partition coefficient (Wildman–Crippen LogP) is 1.03. The van der Waals surface area contributed by atoms with Crippen molar-refractivity contribution in [1.82, 2.24) is 10.2 Å². The van der Waals surface area contributed by atoms with Crippen LogP contribution in [-0.4, -0.2) is 49.7 Å². The van der Waals surface area contributed by atoms with Crippen molar-refractivity contribution in [3.05, 3.63) is 23.7 Å². The average molecular weight is 340 g/mol. The van der Waals surface area contributed by atoms with Gasteiger partial charge in [0.15, 0.2) is 0 Å². The van der Waals surface area contributed by atoms with Crippen molar-refractivity contribution >= 4 is 30.7 Å². The first-order chi connectivity index (χ1) is 9.19. The predicted molar refractivity (Wildman–Crippen MR) is 85.3 cm³/mol. The van der Waals surface area contributed by atoms with Gasteiger partial charge in [0.1, 0.15) is 12.0 Å². The smallest absolute Gasteiger partial charge is 0.254 e. The lowest BCUT2D eigenvalue weighted by molar-refractivity contribution is 0.0342. The van der Waals surface area contributed by atoms with Gasteiger partial charge in [0.25, 0.3) is 5.91 Å². The minimum absolute atomic E-state index is 0. The fourth-order valence-electron chi connectivity index (χ4n) is 2.13. The number of furan rings is 1. The van der Waals surface area contributed by atoms with Crippen molar-refractivity contribution in [3.8, 4) is 0 Å². The second-order valence-corrected chi connectivity index (χ2v) is 4.79. The summed E-state index contributed by atoms with van der Waals surface area (Å²) >= 11 is 0. The fraction of sp³-hybridized carbons (Fsp3) is 0.615. The van der Waals surface area contributed by atoms with E-state index in [9.17, 15) is 4.79 Å². The maximum atomic E-state index is 12.0. The summed E-state index contributed by atoms with van der Waals surface area (Å²) in [5, 5.41) is 2.96. The lowest BCUT2D eigenvalue weighted by Crippen LogP contribution is -2.45. The lowest BCUT2D eigenvalue weighted by Gasteiger charge is -2.29. The zero-order valence-electron chi connectivity index (χ0n) is 12.0. The molecule has 122 valence electrons. The Morgan fingerprint density at radius 2 is 2.10 bits per heavy atom. The highest BCUT2D eigenvalue weighted by molar-refractivity contribution is 5.94. The Labute approximate surface area is 137 Å². The molecule has 1 unspecified atom stereocenters. The molecule has 0 bridgehead atoms. The first kappa shape index (κ1) is 20.2. The van der Waals surface area contributed by atoms with Crippen LogP contribution in [0.2, 0.25) is 0 Å². The number of nitrogens with zero attached hydrogens (tertiary/aromatic N) is 1. The molecule has 1 amide bonds. The molecule has 2 rings (SSSR count). The third kappa shape index (κ3) is 6.23. The molecule has 0 saturated carbocycles. The first-order valence-corrected chi connectivity index (χ1v) is 6.57. The Balaban J connectivity index is 0.00000200. The number of hydrogen-bond donors (Lipinski definition) is 2. The third-order valence-electron chi connectivity index (χ3n) is 3.13. The maximum absolute atomic E-state index is 12.0. The average Bonchev–Trinajstić information content (AvgIpc) is 2.88. The van der Waals surface area contributed by atoms with Crippen LogP contribution in [-0.2, 0) is 11.3 Å². The van der Waals surface area contributed by atoms with E-state index in [0.717, 1.165) is 32.8 Å². The number of nitrogens with two attached hydrogens (primary N) is 1. The zero-order valence-corrected chi connectivity index (χ0v) is 13.7. The summed E-state index contributed by atoms with van der Waals surface area (Å²) < 4.78 is 10.4. The molecular formula is C13H23Cl2N3O3. The minimum Gasteiger partial charge on any atom is -0.467 e. The van der Waals surface area contributed by atoms with E-state index in [2.05, 4.69) is 10.2 Å². The van der Waals surface area contributed by atoms with Crippen molar-refractivity contribution in [3.63, 3.8) is 0 Å². The van der Waals surface area contributed by atoms with Crippen LogP contribution in [0, 0.1) is 0 Å². The molecule has 1 aliphatic heterocycles. The van der Waals surface area contributed by atoms with Gasteiger partial charge in [-0.2, -0.15) is 0 Å². The van der Waals surface area contributed by atoms with Crippen LogP contribution in [0.1, 0.15) is 23.0 Å². The topological polar surface area (TPSA) is 80.7 Å². The molecule has 21 heavy (non-hydrogen) atoms. The van der Waals surface area contributed by atoms with Crippen LogP contribution in [0.25, 0.3) is 0 Å². The largest absolute Gasteiger partial charge is 0.467 e. The highest BCUT2D eigenvalue weighted by atomic mass is 35.5. The number of carbonyl (C=O) groups excluding carboxylic acids is 1. The number of ether oxygens (including phenoxy) is 1. The van der Waals surface area contributed by atoms with Gasteiger partial charge in [-0.15, -0.1) is 24.8 Å². The minimum atomic E-state index is -0.121. The lowest BCUT2D eigenvalue weighted by atomic mass is 10.2. The van der Waals surface area contributed by atoms with Crippen molar-refractivity contribution in [1.29, 1.82) is 0 Å². The Morgan fingerprint density at radius 1 is 1.43 bits per heavy atom. The molecule has 1 aliphatic rings. The Hall–Kier alpha value is -0.790. The van der Waals surface area contributed by atoms with Crippen molar-refractivity contribution in [2.45, 2.75) is 19.5 Å². The summed E-state index contributed by atoms with van der Waals surface area (Å²) in [6.45, 7) is 6.50. The molecule has 8 heteroatoms. The van der Waals surface area contributed by atoms with Crippen LogP contribution in [0.15, 0.2) is 16.7 Å². The van der Waals surface area contributed by atoms with Gasteiger partial charge < -0.3 is 20.2 Å². The van der Waals surface area contributed by atoms with Gasteiger partial charge >= 0.3 is 0 Å². The Kier molecular flexibility index (Phi) is 9.65. The number of rotatable bonds is 5. The van der Waals surface area contributed by atoms with Gasteiger partial charge in [-0.3, -0.25) is 9.69 Å². The van der Waals surface area contributed by atoms with E-state index in [4.69, 9.17) is 14.9 Å². The van der Waals surface area contributed by atoms with E-state index in [-0.39, 0.29) is 36.8 Å². The number of hydrogen-bond acceptors (Lipinski definition) is 5. The molecule has 1 fully saturated rings. The second kappa shape index (κ2) is 10.0. The van der Waals surface area contributed by atoms with Gasteiger partial charge in [0, 0.05) is 25.7 Å². The molecule has 1 aromatic rings. The number of halogens is 2. The van der Waals surface area contributed by atoms with Gasteiger partial charge in [-0.1, -0.05) is 0 Å². The number of morpholine rings is 1. The maximum Gasteiger partial charge on any atom is 0.254 e. The molecule has 2 heterocycles.